The Kier molecular flexibility index (Phi) is 6.62. The number of para-hydroxylation sites is 1. The van der Waals surface area contributed by atoms with Crippen molar-refractivity contribution in [1.29, 1.82) is 5.41 Å². The van der Waals surface area contributed by atoms with Crippen LogP contribution in [0.25, 0.3) is 0 Å². The van der Waals surface area contributed by atoms with Crippen molar-refractivity contribution in [2.24, 2.45) is 0 Å². The summed E-state index contributed by atoms with van der Waals surface area (Å²) in [6.07, 6.45) is 2.57. The van der Waals surface area contributed by atoms with Gasteiger partial charge in [0.15, 0.2) is 5.96 Å². The Balaban J connectivity index is 1.53. The first-order valence-corrected chi connectivity index (χ1v) is 12.5. The maximum Gasteiger partial charge on any atom is 0.251 e. The van der Waals surface area contributed by atoms with Crippen molar-refractivity contribution in [1.82, 2.24) is 15.5 Å². The molecular formula is C28H36N4O3. The first-order chi connectivity index (χ1) is 16.6. The van der Waals surface area contributed by atoms with Gasteiger partial charge in [-0.05, 0) is 57.4 Å². The van der Waals surface area contributed by atoms with Crippen LogP contribution in [0.2, 0.25) is 0 Å². The van der Waals surface area contributed by atoms with Crippen LogP contribution in [0.4, 0.5) is 0 Å². The van der Waals surface area contributed by atoms with E-state index in [-0.39, 0.29) is 35.4 Å². The second-order valence-electron chi connectivity index (χ2n) is 10.3. The van der Waals surface area contributed by atoms with Gasteiger partial charge in [0.05, 0.1) is 18.5 Å². The first-order valence-electron chi connectivity index (χ1n) is 12.5. The minimum absolute atomic E-state index is 0.0687. The molecule has 7 nitrogen and oxygen atoms in total. The Morgan fingerprint density at radius 1 is 1.20 bits per heavy atom. The lowest BCUT2D eigenvalue weighted by Crippen LogP contribution is -2.62. The highest BCUT2D eigenvalue weighted by Crippen LogP contribution is 2.39. The fourth-order valence-corrected chi connectivity index (χ4v) is 5.20. The lowest BCUT2D eigenvalue weighted by molar-refractivity contribution is -0.132. The number of guanidine groups is 1. The van der Waals surface area contributed by atoms with E-state index in [9.17, 15) is 9.59 Å². The summed E-state index contributed by atoms with van der Waals surface area (Å²) >= 11 is 0. The van der Waals surface area contributed by atoms with Crippen LogP contribution in [-0.2, 0) is 4.79 Å². The highest BCUT2D eigenvalue weighted by Gasteiger charge is 2.41. The normalized spacial score (nSPS) is 21.4. The van der Waals surface area contributed by atoms with Gasteiger partial charge in [0.25, 0.3) is 5.91 Å². The highest BCUT2D eigenvalue weighted by molar-refractivity contribution is 6.00. The van der Waals surface area contributed by atoms with Gasteiger partial charge >= 0.3 is 0 Å². The zero-order valence-corrected chi connectivity index (χ0v) is 21.3. The van der Waals surface area contributed by atoms with Crippen LogP contribution in [0.1, 0.15) is 93.9 Å². The van der Waals surface area contributed by atoms with Crippen molar-refractivity contribution in [2.45, 2.75) is 83.5 Å². The molecule has 4 rings (SSSR count). The molecule has 1 fully saturated rings. The van der Waals surface area contributed by atoms with Crippen molar-refractivity contribution in [2.75, 3.05) is 0 Å². The molecule has 2 aromatic rings. The number of hydrogen-bond acceptors (Lipinski definition) is 4. The molecule has 2 aromatic carbocycles. The van der Waals surface area contributed by atoms with Gasteiger partial charge in [0.2, 0.25) is 5.91 Å². The summed E-state index contributed by atoms with van der Waals surface area (Å²) in [4.78, 5) is 27.9. The molecule has 7 heteroatoms. The Morgan fingerprint density at radius 2 is 1.91 bits per heavy atom. The Bertz CT molecular complexity index is 1120. The van der Waals surface area contributed by atoms with E-state index in [0.29, 0.717) is 18.4 Å². The van der Waals surface area contributed by atoms with E-state index in [1.807, 2.05) is 77.1 Å². The van der Waals surface area contributed by atoms with Crippen molar-refractivity contribution in [3.05, 3.63) is 65.2 Å². The number of ether oxygens (including phenoxy) is 1. The number of benzene rings is 2. The number of carbonyl (C=O) groups excluding carboxylic acids is 2. The van der Waals surface area contributed by atoms with Gasteiger partial charge in [0.1, 0.15) is 11.4 Å². The van der Waals surface area contributed by atoms with Crippen molar-refractivity contribution in [3.8, 4) is 5.75 Å². The second kappa shape index (κ2) is 9.36. The van der Waals surface area contributed by atoms with Crippen LogP contribution >= 0.6 is 0 Å². The molecule has 3 N–H and O–H groups in total. The van der Waals surface area contributed by atoms with Gasteiger partial charge in [0, 0.05) is 23.1 Å². The smallest absolute Gasteiger partial charge is 0.251 e. The first kappa shape index (κ1) is 24.8. The molecule has 0 spiro atoms. The molecule has 0 aromatic heterocycles. The highest BCUT2D eigenvalue weighted by atomic mass is 16.5. The van der Waals surface area contributed by atoms with E-state index in [0.717, 1.165) is 29.7 Å². The van der Waals surface area contributed by atoms with Crippen molar-refractivity contribution >= 4 is 17.8 Å². The summed E-state index contributed by atoms with van der Waals surface area (Å²) in [7, 11) is 0. The molecule has 2 aliphatic rings. The molecule has 186 valence electrons. The third kappa shape index (κ3) is 4.90. The number of hydrogen-bond donors (Lipinski definition) is 3. The molecule has 2 aliphatic heterocycles. The molecular weight excluding hydrogens is 440 g/mol. The predicted molar refractivity (Wildman–Crippen MR) is 136 cm³/mol. The topological polar surface area (TPSA) is 94.5 Å². The quantitative estimate of drug-likeness (QED) is 0.541. The van der Waals surface area contributed by atoms with Crippen molar-refractivity contribution < 1.29 is 14.3 Å². The second-order valence-corrected chi connectivity index (χ2v) is 10.3. The average Bonchev–Trinajstić information content (AvgIpc) is 2.82. The summed E-state index contributed by atoms with van der Waals surface area (Å²) in [5, 5.41) is 15.0. The summed E-state index contributed by atoms with van der Waals surface area (Å²) in [6, 6.07) is 14.6. The SMILES string of the molecule is CCC1(CC)CC(=O)N([C@H](C)c2cccc(C(=O)N[C@H]3CC(C)(C)Oc4ccccc43)c2)C(=N)N1. The maximum atomic E-state index is 13.3. The van der Waals surface area contributed by atoms with E-state index in [2.05, 4.69) is 10.6 Å². The summed E-state index contributed by atoms with van der Waals surface area (Å²) in [5.41, 5.74) is 1.55. The fourth-order valence-electron chi connectivity index (χ4n) is 5.20. The average molecular weight is 477 g/mol. The maximum absolute atomic E-state index is 13.3. The molecule has 35 heavy (non-hydrogen) atoms. The molecule has 0 saturated carbocycles. The van der Waals surface area contributed by atoms with Gasteiger partial charge in [-0.1, -0.05) is 44.2 Å². The number of rotatable bonds is 6. The number of fused-ring (bicyclic) bond motifs is 1. The molecule has 1 saturated heterocycles. The molecule has 2 heterocycles. The lowest BCUT2D eigenvalue weighted by Gasteiger charge is -2.44. The number of amides is 2. The molecule has 0 bridgehead atoms. The van der Waals surface area contributed by atoms with Gasteiger partial charge in [-0.25, -0.2) is 0 Å². The van der Waals surface area contributed by atoms with Gasteiger partial charge in [-0.2, -0.15) is 0 Å². The summed E-state index contributed by atoms with van der Waals surface area (Å²) in [5.74, 6) is 0.668. The molecule has 0 aliphatic carbocycles. The number of nitrogens with one attached hydrogen (secondary N) is 3. The Hall–Kier alpha value is -3.35. The van der Waals surface area contributed by atoms with Gasteiger partial charge in [-0.15, -0.1) is 0 Å². The molecule has 2 amide bonds. The van der Waals surface area contributed by atoms with E-state index in [4.69, 9.17) is 10.1 Å². The summed E-state index contributed by atoms with van der Waals surface area (Å²) < 4.78 is 6.09. The van der Waals surface area contributed by atoms with Crippen LogP contribution in [0, 0.1) is 5.41 Å². The zero-order valence-electron chi connectivity index (χ0n) is 21.3. The van der Waals surface area contributed by atoms with Crippen LogP contribution < -0.4 is 15.4 Å². The fraction of sp³-hybridized carbons (Fsp3) is 0.464. The monoisotopic (exact) mass is 476 g/mol. The van der Waals surface area contributed by atoms with Gasteiger partial charge in [-0.3, -0.25) is 19.9 Å². The van der Waals surface area contributed by atoms with E-state index < -0.39 is 5.60 Å². The van der Waals surface area contributed by atoms with Crippen molar-refractivity contribution in [3.63, 3.8) is 0 Å². The third-order valence-electron chi connectivity index (χ3n) is 7.44. The van der Waals surface area contributed by atoms with Crippen LogP contribution in [0.15, 0.2) is 48.5 Å². The zero-order chi connectivity index (χ0) is 25.4. The van der Waals surface area contributed by atoms with Crippen LogP contribution in [-0.4, -0.2) is 33.8 Å². The predicted octanol–water partition coefficient (Wildman–Crippen LogP) is 5.10. The Labute approximate surface area is 207 Å². The third-order valence-corrected chi connectivity index (χ3v) is 7.44. The number of carbonyl (C=O) groups is 2. The molecule has 2 atom stereocenters. The van der Waals surface area contributed by atoms with Crippen LogP contribution in [0.3, 0.4) is 0 Å². The van der Waals surface area contributed by atoms with Crippen LogP contribution in [0.5, 0.6) is 5.75 Å². The lowest BCUT2D eigenvalue weighted by atomic mass is 9.86. The largest absolute Gasteiger partial charge is 0.487 e. The minimum atomic E-state index is -0.392. The molecule has 0 radical (unpaired) electrons. The summed E-state index contributed by atoms with van der Waals surface area (Å²) in [6.45, 7) is 10.0. The van der Waals surface area contributed by atoms with Gasteiger partial charge < -0.3 is 15.4 Å². The number of nitrogens with zero attached hydrogens (tertiary/aromatic N) is 1. The standard InChI is InChI=1S/C28H36N4O3/c1-6-28(7-2)17-24(33)32(26(29)31-28)18(3)19-11-10-12-20(15-19)25(34)30-22-16-27(4,5)35-23-14-9-8-13-21(22)23/h8-15,18,22H,6-7,16-17H2,1-5H3,(H2,29,31)(H,30,34)/t18-,22+/m1/s1. The van der Waals surface area contributed by atoms with E-state index >= 15 is 0 Å². The minimum Gasteiger partial charge on any atom is -0.487 e. The van der Waals surface area contributed by atoms with E-state index in [1.54, 1.807) is 6.07 Å². The Morgan fingerprint density at radius 3 is 2.60 bits per heavy atom. The van der Waals surface area contributed by atoms with E-state index in [1.165, 1.54) is 4.90 Å². The molecule has 0 unspecified atom stereocenters.